The zero-order chi connectivity index (χ0) is 16.3. The number of carbonyl (C=O) groups is 1. The molecular weight excluding hydrogens is 276 g/mol. The van der Waals surface area contributed by atoms with Gasteiger partial charge < -0.3 is 10.2 Å². The van der Waals surface area contributed by atoms with Crippen LogP contribution in [0.3, 0.4) is 0 Å². The van der Waals surface area contributed by atoms with Crippen molar-refractivity contribution in [2.75, 3.05) is 26.2 Å². The molecule has 0 radical (unpaired) electrons. The van der Waals surface area contributed by atoms with Crippen molar-refractivity contribution in [2.24, 2.45) is 5.92 Å². The summed E-state index contributed by atoms with van der Waals surface area (Å²) in [4.78, 5) is 14.9. The molecule has 0 aromatic carbocycles. The number of hydrogen-bond acceptors (Lipinski definition) is 3. The maximum Gasteiger partial charge on any atom is 0.254 e. The molecule has 1 N–H and O–H groups in total. The number of piperidine rings is 1. The van der Waals surface area contributed by atoms with E-state index in [0.29, 0.717) is 11.5 Å². The summed E-state index contributed by atoms with van der Waals surface area (Å²) in [7, 11) is 0. The van der Waals surface area contributed by atoms with Crippen molar-refractivity contribution >= 4 is 5.91 Å². The molecule has 1 aromatic heterocycles. The van der Waals surface area contributed by atoms with Crippen molar-refractivity contribution in [3.05, 3.63) is 17.5 Å². The maximum atomic E-state index is 12.4. The molecule has 0 bridgehead atoms. The molecule has 2 heterocycles. The van der Waals surface area contributed by atoms with Crippen LogP contribution in [0.25, 0.3) is 0 Å². The monoisotopic (exact) mass is 306 g/mol. The summed E-state index contributed by atoms with van der Waals surface area (Å²) in [6.07, 6.45) is 4.13. The maximum absolute atomic E-state index is 12.4. The Kier molecular flexibility index (Phi) is 5.27. The summed E-state index contributed by atoms with van der Waals surface area (Å²) in [5.41, 5.74) is 1.52. The number of likely N-dealkylation sites (tertiary alicyclic amines) is 1. The number of nitrogens with one attached hydrogen (secondary N) is 1. The molecule has 2 rings (SSSR count). The Morgan fingerprint density at radius 1 is 1.45 bits per heavy atom. The predicted octanol–water partition coefficient (Wildman–Crippen LogP) is 2.41. The lowest BCUT2D eigenvalue weighted by Crippen LogP contribution is -2.40. The molecule has 1 amide bonds. The van der Waals surface area contributed by atoms with Gasteiger partial charge in [0.15, 0.2) is 0 Å². The van der Waals surface area contributed by atoms with E-state index in [4.69, 9.17) is 0 Å². The van der Waals surface area contributed by atoms with Gasteiger partial charge in [-0.05, 0) is 59.5 Å². The Balaban J connectivity index is 1.94. The molecule has 1 atom stereocenters. The normalized spacial score (nSPS) is 20.1. The van der Waals surface area contributed by atoms with Crippen molar-refractivity contribution < 1.29 is 4.79 Å². The number of aromatic nitrogens is 2. The van der Waals surface area contributed by atoms with Gasteiger partial charge in [-0.3, -0.25) is 9.48 Å². The minimum atomic E-state index is -0.104. The van der Waals surface area contributed by atoms with E-state index < -0.39 is 0 Å². The second kappa shape index (κ2) is 6.82. The summed E-state index contributed by atoms with van der Waals surface area (Å²) in [6, 6.07) is 0. The van der Waals surface area contributed by atoms with Gasteiger partial charge in [0.05, 0.1) is 17.3 Å². The van der Waals surface area contributed by atoms with Crippen LogP contribution >= 0.6 is 0 Å². The van der Waals surface area contributed by atoms with Gasteiger partial charge in [-0.15, -0.1) is 0 Å². The van der Waals surface area contributed by atoms with Crippen molar-refractivity contribution in [1.82, 2.24) is 20.0 Å². The first-order chi connectivity index (χ1) is 10.3. The average molecular weight is 306 g/mol. The summed E-state index contributed by atoms with van der Waals surface area (Å²) in [6.45, 7) is 14.6. The zero-order valence-electron chi connectivity index (χ0n) is 14.6. The number of hydrogen-bond donors (Lipinski definition) is 1. The highest BCUT2D eigenvalue weighted by atomic mass is 16.1. The standard InChI is InChI=1S/C17H30N4O/c1-6-20-9-7-8-14(12-20)10-18-16(22)15-11-19-21(13(15)2)17(3,4)5/h11,14H,6-10,12H2,1-5H3,(H,18,22)/t14-/m1/s1. The van der Waals surface area contributed by atoms with Gasteiger partial charge in [0, 0.05) is 18.8 Å². The van der Waals surface area contributed by atoms with Crippen molar-refractivity contribution in [3.63, 3.8) is 0 Å². The molecule has 1 aliphatic heterocycles. The molecule has 1 aliphatic rings. The summed E-state index contributed by atoms with van der Waals surface area (Å²) < 4.78 is 1.92. The quantitative estimate of drug-likeness (QED) is 0.929. The van der Waals surface area contributed by atoms with E-state index in [1.807, 2.05) is 11.6 Å². The highest BCUT2D eigenvalue weighted by Crippen LogP contribution is 2.19. The van der Waals surface area contributed by atoms with Crippen molar-refractivity contribution in [3.8, 4) is 0 Å². The van der Waals surface area contributed by atoms with Crippen LogP contribution in [0.5, 0.6) is 0 Å². The molecule has 0 spiro atoms. The number of nitrogens with zero attached hydrogens (tertiary/aromatic N) is 3. The lowest BCUT2D eigenvalue weighted by Gasteiger charge is -2.31. The van der Waals surface area contributed by atoms with E-state index in [2.05, 4.69) is 43.0 Å². The Bertz CT molecular complexity index is 515. The lowest BCUT2D eigenvalue weighted by molar-refractivity contribution is 0.0933. The Labute approximate surface area is 134 Å². The molecule has 5 nitrogen and oxygen atoms in total. The first-order valence-electron chi connectivity index (χ1n) is 8.38. The third-order valence-corrected chi connectivity index (χ3v) is 4.49. The van der Waals surface area contributed by atoms with Crippen LogP contribution in [0.4, 0.5) is 0 Å². The third kappa shape index (κ3) is 3.88. The molecule has 0 aliphatic carbocycles. The number of rotatable bonds is 4. The fraction of sp³-hybridized carbons (Fsp3) is 0.765. The fourth-order valence-electron chi connectivity index (χ4n) is 3.25. The molecule has 0 unspecified atom stereocenters. The van der Waals surface area contributed by atoms with Gasteiger partial charge in [0.25, 0.3) is 5.91 Å². The Morgan fingerprint density at radius 3 is 2.77 bits per heavy atom. The molecule has 1 aromatic rings. The third-order valence-electron chi connectivity index (χ3n) is 4.49. The first kappa shape index (κ1) is 17.0. The van der Waals surface area contributed by atoms with Crippen molar-refractivity contribution in [2.45, 2.75) is 53.0 Å². The summed E-state index contributed by atoms with van der Waals surface area (Å²) >= 11 is 0. The average Bonchev–Trinajstić information content (AvgIpc) is 2.87. The van der Waals surface area contributed by atoms with Gasteiger partial charge in [-0.25, -0.2) is 0 Å². The molecule has 1 saturated heterocycles. The van der Waals surface area contributed by atoms with Crippen molar-refractivity contribution in [1.29, 1.82) is 0 Å². The molecule has 0 saturated carbocycles. The number of carbonyl (C=O) groups excluding carboxylic acids is 1. The van der Waals surface area contributed by atoms with Gasteiger partial charge in [0.1, 0.15) is 0 Å². The largest absolute Gasteiger partial charge is 0.352 e. The molecule has 124 valence electrons. The van der Waals surface area contributed by atoms with E-state index in [1.54, 1.807) is 6.20 Å². The van der Waals surface area contributed by atoms with Gasteiger partial charge >= 0.3 is 0 Å². The predicted molar refractivity (Wildman–Crippen MR) is 89.1 cm³/mol. The van der Waals surface area contributed by atoms with Crippen LogP contribution in [0.1, 0.15) is 56.6 Å². The van der Waals surface area contributed by atoms with E-state index >= 15 is 0 Å². The second-order valence-electron chi connectivity index (χ2n) is 7.34. The number of amides is 1. The topological polar surface area (TPSA) is 50.2 Å². The SMILES string of the molecule is CCN1CCC[C@H](CNC(=O)c2cnn(C(C)(C)C)c2C)C1. The summed E-state index contributed by atoms with van der Waals surface area (Å²) in [5.74, 6) is 0.567. The van der Waals surface area contributed by atoms with E-state index in [0.717, 1.165) is 25.3 Å². The zero-order valence-corrected chi connectivity index (χ0v) is 14.6. The van der Waals surface area contributed by atoms with E-state index in [9.17, 15) is 4.79 Å². The molecule has 5 heteroatoms. The van der Waals surface area contributed by atoms with Gasteiger partial charge in [0.2, 0.25) is 0 Å². The highest BCUT2D eigenvalue weighted by Gasteiger charge is 2.23. The molecule has 1 fully saturated rings. The van der Waals surface area contributed by atoms with Crippen LogP contribution in [0.15, 0.2) is 6.20 Å². The Hall–Kier alpha value is -1.36. The van der Waals surface area contributed by atoms with E-state index in [-0.39, 0.29) is 11.4 Å². The van der Waals surface area contributed by atoms with Crippen LogP contribution < -0.4 is 5.32 Å². The van der Waals surface area contributed by atoms with Crippen LogP contribution in [0, 0.1) is 12.8 Å². The van der Waals surface area contributed by atoms with Crippen LogP contribution in [-0.2, 0) is 5.54 Å². The summed E-state index contributed by atoms with van der Waals surface area (Å²) in [5, 5.41) is 7.48. The van der Waals surface area contributed by atoms with Crippen LogP contribution in [0.2, 0.25) is 0 Å². The molecular formula is C17H30N4O. The Morgan fingerprint density at radius 2 is 2.18 bits per heavy atom. The minimum Gasteiger partial charge on any atom is -0.352 e. The second-order valence-corrected chi connectivity index (χ2v) is 7.34. The van der Waals surface area contributed by atoms with Crippen LogP contribution in [-0.4, -0.2) is 46.8 Å². The highest BCUT2D eigenvalue weighted by molar-refractivity contribution is 5.95. The van der Waals surface area contributed by atoms with Gasteiger partial charge in [-0.1, -0.05) is 6.92 Å². The smallest absolute Gasteiger partial charge is 0.254 e. The fourth-order valence-corrected chi connectivity index (χ4v) is 3.25. The first-order valence-corrected chi connectivity index (χ1v) is 8.38. The molecule has 22 heavy (non-hydrogen) atoms. The minimum absolute atomic E-state index is 0.00150. The van der Waals surface area contributed by atoms with Gasteiger partial charge in [-0.2, -0.15) is 5.10 Å². The van der Waals surface area contributed by atoms with E-state index in [1.165, 1.54) is 19.4 Å². The lowest BCUT2D eigenvalue weighted by atomic mass is 9.98.